The molecule has 5 nitrogen and oxygen atoms in total. The van der Waals surface area contributed by atoms with Gasteiger partial charge < -0.3 is 15.5 Å². The fourth-order valence-electron chi connectivity index (χ4n) is 1.76. The molecule has 3 N–H and O–H groups in total. The van der Waals surface area contributed by atoms with Crippen molar-refractivity contribution in [2.75, 3.05) is 11.1 Å². The molecule has 19 heavy (non-hydrogen) atoms. The maximum absolute atomic E-state index is 5.89. The van der Waals surface area contributed by atoms with Crippen molar-refractivity contribution in [3.8, 4) is 0 Å². The normalized spacial score (nSPS) is 10.1. The number of aromatic nitrogens is 2. The van der Waals surface area contributed by atoms with E-state index in [9.17, 15) is 0 Å². The Kier molecular flexibility index (Phi) is 3.87. The minimum absolute atomic E-state index is 0. The van der Waals surface area contributed by atoms with Gasteiger partial charge in [0.2, 0.25) is 5.95 Å². The lowest BCUT2D eigenvalue weighted by atomic mass is 10.2. The van der Waals surface area contributed by atoms with E-state index in [-0.39, 0.29) is 12.4 Å². The summed E-state index contributed by atoms with van der Waals surface area (Å²) in [5, 5.41) is 3.95. The van der Waals surface area contributed by atoms with Gasteiger partial charge in [0.05, 0.1) is 18.3 Å². The van der Waals surface area contributed by atoms with Gasteiger partial charge in [-0.2, -0.15) is 4.98 Å². The molecule has 0 saturated carbocycles. The van der Waals surface area contributed by atoms with Crippen molar-refractivity contribution in [1.82, 2.24) is 9.97 Å². The van der Waals surface area contributed by atoms with Crippen LogP contribution in [0.5, 0.6) is 0 Å². The molecule has 2 aromatic heterocycles. The lowest BCUT2D eigenvalue weighted by Gasteiger charge is -2.06. The summed E-state index contributed by atoms with van der Waals surface area (Å²) in [5.74, 6) is 1.80. The largest absolute Gasteiger partial charge is 0.467 e. The Balaban J connectivity index is 0.00000133. The zero-order valence-electron chi connectivity index (χ0n) is 10.0. The summed E-state index contributed by atoms with van der Waals surface area (Å²) in [6, 6.07) is 11.4. The maximum Gasteiger partial charge on any atom is 0.225 e. The summed E-state index contributed by atoms with van der Waals surface area (Å²) in [7, 11) is 0. The first-order chi connectivity index (χ1) is 8.83. The first-order valence-corrected chi connectivity index (χ1v) is 5.61. The number of nitrogens with zero attached hydrogens (tertiary/aromatic N) is 2. The van der Waals surface area contributed by atoms with Gasteiger partial charge in [0.15, 0.2) is 0 Å². The molecule has 1 aromatic carbocycles. The smallest absolute Gasteiger partial charge is 0.225 e. The molecule has 0 aliphatic carbocycles. The predicted molar refractivity (Wildman–Crippen MR) is 77.2 cm³/mol. The van der Waals surface area contributed by atoms with E-state index in [0.29, 0.717) is 18.3 Å². The van der Waals surface area contributed by atoms with Gasteiger partial charge in [0.25, 0.3) is 0 Å². The molecular formula is C13H13ClN4O. The van der Waals surface area contributed by atoms with Gasteiger partial charge in [-0.15, -0.1) is 12.4 Å². The summed E-state index contributed by atoms with van der Waals surface area (Å²) in [6.07, 6.45) is 1.63. The molecule has 2 heterocycles. The van der Waals surface area contributed by atoms with Crippen molar-refractivity contribution in [3.05, 3.63) is 48.4 Å². The molecule has 0 radical (unpaired) electrons. The third-order valence-electron chi connectivity index (χ3n) is 2.63. The van der Waals surface area contributed by atoms with E-state index < -0.39 is 0 Å². The van der Waals surface area contributed by atoms with Crippen LogP contribution in [0, 0.1) is 0 Å². The molecule has 0 unspecified atom stereocenters. The number of benzene rings is 1. The Hall–Kier alpha value is -2.27. The third-order valence-corrected chi connectivity index (χ3v) is 2.63. The molecule has 0 bridgehead atoms. The number of nitrogen functional groups attached to an aromatic ring is 1. The number of halogens is 1. The van der Waals surface area contributed by atoms with E-state index >= 15 is 0 Å². The first kappa shape index (κ1) is 13.2. The lowest BCUT2D eigenvalue weighted by Crippen LogP contribution is -2.05. The highest BCUT2D eigenvalue weighted by atomic mass is 35.5. The van der Waals surface area contributed by atoms with Crippen LogP contribution in [0.15, 0.2) is 47.1 Å². The Labute approximate surface area is 116 Å². The van der Waals surface area contributed by atoms with Crippen LogP contribution in [0.3, 0.4) is 0 Å². The number of para-hydroxylation sites is 1. The Bertz CT molecular complexity index is 669. The number of anilines is 2. The van der Waals surface area contributed by atoms with E-state index in [4.69, 9.17) is 10.2 Å². The van der Waals surface area contributed by atoms with E-state index in [1.54, 1.807) is 6.26 Å². The topological polar surface area (TPSA) is 77.0 Å². The molecule has 6 heteroatoms. The quantitative estimate of drug-likeness (QED) is 0.769. The number of furan rings is 1. The van der Waals surface area contributed by atoms with Gasteiger partial charge in [-0.25, -0.2) is 4.98 Å². The maximum atomic E-state index is 5.89. The van der Waals surface area contributed by atoms with Crippen LogP contribution in [0.1, 0.15) is 5.76 Å². The number of hydrogen-bond acceptors (Lipinski definition) is 5. The zero-order chi connectivity index (χ0) is 12.4. The second kappa shape index (κ2) is 5.58. The van der Waals surface area contributed by atoms with Crippen molar-refractivity contribution in [2.45, 2.75) is 6.54 Å². The van der Waals surface area contributed by atoms with E-state index in [0.717, 1.165) is 16.7 Å². The lowest BCUT2D eigenvalue weighted by molar-refractivity contribution is 0.517. The van der Waals surface area contributed by atoms with Crippen molar-refractivity contribution < 1.29 is 4.42 Å². The minimum Gasteiger partial charge on any atom is -0.467 e. The fraction of sp³-hybridized carbons (Fsp3) is 0.0769. The van der Waals surface area contributed by atoms with Crippen LogP contribution >= 0.6 is 12.4 Å². The molecule has 98 valence electrons. The second-order valence-corrected chi connectivity index (χ2v) is 3.88. The van der Waals surface area contributed by atoms with Gasteiger partial charge >= 0.3 is 0 Å². The zero-order valence-corrected chi connectivity index (χ0v) is 10.9. The summed E-state index contributed by atoms with van der Waals surface area (Å²) >= 11 is 0. The minimum atomic E-state index is 0. The molecule has 0 spiro atoms. The second-order valence-electron chi connectivity index (χ2n) is 3.88. The Morgan fingerprint density at radius 3 is 2.74 bits per heavy atom. The molecule has 0 aliphatic rings. The SMILES string of the molecule is Cl.Nc1nc(NCc2ccco2)nc2ccccc12. The van der Waals surface area contributed by atoms with Crippen molar-refractivity contribution >= 4 is 35.1 Å². The number of fused-ring (bicyclic) bond motifs is 1. The highest BCUT2D eigenvalue weighted by Gasteiger charge is 2.04. The van der Waals surface area contributed by atoms with Crippen LogP contribution < -0.4 is 11.1 Å². The number of hydrogen-bond donors (Lipinski definition) is 2. The van der Waals surface area contributed by atoms with Crippen LogP contribution in [0.4, 0.5) is 11.8 Å². The number of rotatable bonds is 3. The van der Waals surface area contributed by atoms with Crippen molar-refractivity contribution in [2.24, 2.45) is 0 Å². The van der Waals surface area contributed by atoms with Crippen LogP contribution in [-0.4, -0.2) is 9.97 Å². The average Bonchev–Trinajstić information content (AvgIpc) is 2.90. The van der Waals surface area contributed by atoms with Crippen LogP contribution in [-0.2, 0) is 6.54 Å². The standard InChI is InChI=1S/C13H12N4O.ClH/c14-12-10-5-1-2-6-11(10)16-13(17-12)15-8-9-4-3-7-18-9;/h1-7H,8H2,(H3,14,15,16,17);1H. The van der Waals surface area contributed by atoms with E-state index in [1.165, 1.54) is 0 Å². The van der Waals surface area contributed by atoms with Crippen LogP contribution in [0.25, 0.3) is 10.9 Å². The van der Waals surface area contributed by atoms with Crippen molar-refractivity contribution in [1.29, 1.82) is 0 Å². The predicted octanol–water partition coefficient (Wildman–Crippen LogP) is 2.84. The molecule has 0 amide bonds. The van der Waals surface area contributed by atoms with Gasteiger partial charge in [-0.3, -0.25) is 0 Å². The fourth-order valence-corrected chi connectivity index (χ4v) is 1.76. The molecule has 3 rings (SSSR count). The van der Waals surface area contributed by atoms with Gasteiger partial charge in [-0.05, 0) is 24.3 Å². The first-order valence-electron chi connectivity index (χ1n) is 5.61. The molecule has 3 aromatic rings. The van der Waals surface area contributed by atoms with Gasteiger partial charge in [0.1, 0.15) is 11.6 Å². The van der Waals surface area contributed by atoms with E-state index in [2.05, 4.69) is 15.3 Å². The molecular weight excluding hydrogens is 264 g/mol. The monoisotopic (exact) mass is 276 g/mol. The summed E-state index contributed by atoms with van der Waals surface area (Å²) < 4.78 is 5.22. The van der Waals surface area contributed by atoms with Gasteiger partial charge in [-0.1, -0.05) is 12.1 Å². The molecule has 0 fully saturated rings. The van der Waals surface area contributed by atoms with Crippen molar-refractivity contribution in [3.63, 3.8) is 0 Å². The van der Waals surface area contributed by atoms with Gasteiger partial charge in [0, 0.05) is 5.39 Å². The molecule has 0 atom stereocenters. The van der Waals surface area contributed by atoms with Crippen LogP contribution in [0.2, 0.25) is 0 Å². The molecule has 0 aliphatic heterocycles. The summed E-state index contributed by atoms with van der Waals surface area (Å²) in [5.41, 5.74) is 6.72. The Morgan fingerprint density at radius 1 is 1.11 bits per heavy atom. The highest BCUT2D eigenvalue weighted by Crippen LogP contribution is 2.19. The Morgan fingerprint density at radius 2 is 1.95 bits per heavy atom. The molecule has 0 saturated heterocycles. The summed E-state index contributed by atoms with van der Waals surface area (Å²) in [6.45, 7) is 0.533. The summed E-state index contributed by atoms with van der Waals surface area (Å²) in [4.78, 5) is 8.61. The number of nitrogens with two attached hydrogens (primary N) is 1. The number of nitrogens with one attached hydrogen (secondary N) is 1. The highest BCUT2D eigenvalue weighted by molar-refractivity contribution is 5.88. The third kappa shape index (κ3) is 2.77. The average molecular weight is 277 g/mol. The van der Waals surface area contributed by atoms with E-state index in [1.807, 2.05) is 36.4 Å².